The quantitative estimate of drug-likeness (QED) is 0.168. The normalized spacial score (nSPS) is 32.9. The van der Waals surface area contributed by atoms with Crippen LogP contribution in [0.4, 0.5) is 0 Å². The molecule has 3 saturated heterocycles. The van der Waals surface area contributed by atoms with Gasteiger partial charge in [0, 0.05) is 40.2 Å². The summed E-state index contributed by atoms with van der Waals surface area (Å²) in [6.07, 6.45) is -14.4. The standard InChI is InChI=1S/C29H37NO18S/c1-13(31)30-21-24(41-14(2)32)22(20(12-40-49(36,37)38)45-28(21)44-17(5)35)48-29-26(43-16(4)34)25(42-15(3)33)23-19(46-29)11-39-27(47-23)18-9-7-6-8-10-18/h6-10,19-29H,11-12H2,1-5H3,(H,30,31)(H,36,37,38)/t19-,20-,21-,22-,23+,24-,25+,26-,27?,28?,29+/m1/s1. The maximum atomic E-state index is 12.4. The molecule has 1 amide bonds. The van der Waals surface area contributed by atoms with Crippen LogP contribution in [0.3, 0.4) is 0 Å². The molecular weight excluding hydrogens is 682 g/mol. The molecule has 20 heteroatoms. The van der Waals surface area contributed by atoms with Crippen LogP contribution in [0.1, 0.15) is 46.5 Å². The molecule has 1 aromatic carbocycles. The Kier molecular flexibility index (Phi) is 12.7. The summed E-state index contributed by atoms with van der Waals surface area (Å²) in [5.74, 6) is -4.17. The van der Waals surface area contributed by atoms with Gasteiger partial charge in [-0.15, -0.1) is 0 Å². The Hall–Kier alpha value is -3.76. The first-order valence-corrected chi connectivity index (χ1v) is 16.2. The van der Waals surface area contributed by atoms with E-state index < -0.39 is 114 Å². The van der Waals surface area contributed by atoms with E-state index >= 15 is 0 Å². The van der Waals surface area contributed by atoms with Crippen molar-refractivity contribution >= 4 is 40.2 Å². The lowest BCUT2D eigenvalue weighted by Gasteiger charge is -2.50. The molecule has 272 valence electrons. The third kappa shape index (κ3) is 10.4. The van der Waals surface area contributed by atoms with E-state index in [9.17, 15) is 36.9 Å². The van der Waals surface area contributed by atoms with E-state index in [-0.39, 0.29) is 6.61 Å². The van der Waals surface area contributed by atoms with Crippen LogP contribution < -0.4 is 5.32 Å². The first kappa shape index (κ1) is 38.0. The predicted octanol–water partition coefficient (Wildman–Crippen LogP) is -0.382. The van der Waals surface area contributed by atoms with Crippen molar-refractivity contribution in [1.82, 2.24) is 5.32 Å². The lowest BCUT2D eigenvalue weighted by molar-refractivity contribution is -0.380. The molecule has 0 saturated carbocycles. The summed E-state index contributed by atoms with van der Waals surface area (Å²) in [5, 5.41) is 2.45. The molecule has 4 rings (SSSR count). The number of benzene rings is 1. The second-order valence-electron chi connectivity index (χ2n) is 11.1. The monoisotopic (exact) mass is 719 g/mol. The molecule has 0 spiro atoms. The predicted molar refractivity (Wildman–Crippen MR) is 156 cm³/mol. The highest BCUT2D eigenvalue weighted by Gasteiger charge is 2.58. The Morgan fingerprint density at radius 1 is 0.776 bits per heavy atom. The highest BCUT2D eigenvalue weighted by atomic mass is 32.3. The Morgan fingerprint density at radius 2 is 1.37 bits per heavy atom. The third-order valence-electron chi connectivity index (χ3n) is 7.23. The fourth-order valence-corrected chi connectivity index (χ4v) is 5.88. The van der Waals surface area contributed by atoms with E-state index in [1.807, 2.05) is 0 Å². The van der Waals surface area contributed by atoms with Gasteiger partial charge in [0.05, 0.1) is 13.2 Å². The smallest absolute Gasteiger partial charge is 0.397 e. The van der Waals surface area contributed by atoms with E-state index in [2.05, 4.69) is 9.50 Å². The first-order chi connectivity index (χ1) is 23.0. The SMILES string of the molecule is CC(=O)N[C@H]1C(OC(C)=O)O[C@H](COS(=O)(=O)O)[C@@H](O[C@@H]2O[C@@H]3COC(c4ccccc4)O[C@@H]3[C@H](OC(C)=O)[C@H]2OC(C)=O)[C@@H]1OC(C)=O. The topological polar surface area (TPSA) is 244 Å². The molecular formula is C29H37NO18S. The van der Waals surface area contributed by atoms with Crippen LogP contribution in [0.15, 0.2) is 30.3 Å². The summed E-state index contributed by atoms with van der Waals surface area (Å²) in [5.41, 5.74) is 0.626. The van der Waals surface area contributed by atoms with Gasteiger partial charge >= 0.3 is 34.3 Å². The number of fused-ring (bicyclic) bond motifs is 1. The highest BCUT2D eigenvalue weighted by molar-refractivity contribution is 7.80. The number of esters is 4. The molecule has 1 aromatic rings. The number of carbonyl (C=O) groups is 5. The number of hydrogen-bond acceptors (Lipinski definition) is 17. The van der Waals surface area contributed by atoms with Gasteiger partial charge in [0.1, 0.15) is 30.5 Å². The second kappa shape index (κ2) is 16.3. The number of hydrogen-bond donors (Lipinski definition) is 2. The van der Waals surface area contributed by atoms with Gasteiger partial charge < -0.3 is 47.9 Å². The summed E-state index contributed by atoms with van der Waals surface area (Å²) >= 11 is 0. The maximum Gasteiger partial charge on any atom is 0.397 e. The molecule has 3 fully saturated rings. The average Bonchev–Trinajstić information content (AvgIpc) is 2.99. The van der Waals surface area contributed by atoms with E-state index in [0.29, 0.717) is 5.56 Å². The molecule has 2 unspecified atom stereocenters. The van der Waals surface area contributed by atoms with E-state index in [1.54, 1.807) is 30.3 Å². The van der Waals surface area contributed by atoms with Crippen molar-refractivity contribution in [3.8, 4) is 0 Å². The largest absolute Gasteiger partial charge is 0.457 e. The van der Waals surface area contributed by atoms with Gasteiger partial charge in [0.15, 0.2) is 30.9 Å². The van der Waals surface area contributed by atoms with Crippen molar-refractivity contribution in [2.45, 2.75) is 102 Å². The van der Waals surface area contributed by atoms with Crippen LogP contribution in [0.25, 0.3) is 0 Å². The van der Waals surface area contributed by atoms with Gasteiger partial charge in [-0.1, -0.05) is 30.3 Å². The zero-order valence-electron chi connectivity index (χ0n) is 26.9. The van der Waals surface area contributed by atoms with Crippen LogP contribution in [-0.4, -0.2) is 117 Å². The molecule has 19 nitrogen and oxygen atoms in total. The summed E-state index contributed by atoms with van der Waals surface area (Å²) in [6.45, 7) is 4.15. The van der Waals surface area contributed by atoms with Crippen LogP contribution in [0.2, 0.25) is 0 Å². The Labute approximate surface area is 280 Å². The zero-order valence-corrected chi connectivity index (χ0v) is 27.8. The van der Waals surface area contributed by atoms with Crippen LogP contribution >= 0.6 is 0 Å². The van der Waals surface area contributed by atoms with E-state index in [1.165, 1.54) is 0 Å². The van der Waals surface area contributed by atoms with Gasteiger partial charge in [-0.25, -0.2) is 4.18 Å². The molecule has 11 atom stereocenters. The van der Waals surface area contributed by atoms with Crippen molar-refractivity contribution in [2.24, 2.45) is 0 Å². The second-order valence-corrected chi connectivity index (χ2v) is 12.2. The number of nitrogens with one attached hydrogen (secondary N) is 1. The summed E-state index contributed by atoms with van der Waals surface area (Å²) < 4.78 is 88.9. The molecule has 3 aliphatic rings. The maximum absolute atomic E-state index is 12.4. The van der Waals surface area contributed by atoms with Gasteiger partial charge in [-0.3, -0.25) is 28.5 Å². The van der Waals surface area contributed by atoms with Crippen molar-refractivity contribution in [3.05, 3.63) is 35.9 Å². The Balaban J connectivity index is 1.75. The minimum atomic E-state index is -5.10. The fourth-order valence-electron chi connectivity index (χ4n) is 5.57. The Morgan fingerprint density at radius 3 is 1.94 bits per heavy atom. The molecule has 0 bridgehead atoms. The molecule has 3 heterocycles. The first-order valence-electron chi connectivity index (χ1n) is 14.9. The van der Waals surface area contributed by atoms with Crippen molar-refractivity contribution in [3.63, 3.8) is 0 Å². The van der Waals surface area contributed by atoms with Gasteiger partial charge in [-0.05, 0) is 0 Å². The highest BCUT2D eigenvalue weighted by Crippen LogP contribution is 2.39. The minimum Gasteiger partial charge on any atom is -0.457 e. The van der Waals surface area contributed by atoms with E-state index in [4.69, 9.17) is 42.6 Å². The van der Waals surface area contributed by atoms with Crippen molar-refractivity contribution < 1.29 is 83.8 Å². The molecule has 2 N–H and O–H groups in total. The minimum absolute atomic E-state index is 0.151. The molecule has 49 heavy (non-hydrogen) atoms. The van der Waals surface area contributed by atoms with Crippen LogP contribution in [-0.2, 0) is 81.2 Å². The lowest BCUT2D eigenvalue weighted by Crippen LogP contribution is -2.69. The summed E-state index contributed by atoms with van der Waals surface area (Å²) in [7, 11) is -5.10. The molecule has 0 radical (unpaired) electrons. The fraction of sp³-hybridized carbons (Fsp3) is 0.621. The number of rotatable bonds is 11. The molecule has 0 aliphatic carbocycles. The van der Waals surface area contributed by atoms with Crippen LogP contribution in [0.5, 0.6) is 0 Å². The van der Waals surface area contributed by atoms with Gasteiger partial charge in [-0.2, -0.15) is 8.42 Å². The van der Waals surface area contributed by atoms with Crippen molar-refractivity contribution in [1.29, 1.82) is 0 Å². The summed E-state index contributed by atoms with van der Waals surface area (Å²) in [4.78, 5) is 61.3. The summed E-state index contributed by atoms with van der Waals surface area (Å²) in [6, 6.07) is 7.32. The molecule has 0 aromatic heterocycles. The molecule has 3 aliphatic heterocycles. The average molecular weight is 720 g/mol. The van der Waals surface area contributed by atoms with Gasteiger partial charge in [0.2, 0.25) is 12.2 Å². The van der Waals surface area contributed by atoms with E-state index in [0.717, 1.165) is 34.6 Å². The van der Waals surface area contributed by atoms with Crippen molar-refractivity contribution in [2.75, 3.05) is 13.2 Å². The lowest BCUT2D eigenvalue weighted by atomic mass is 9.94. The number of ether oxygens (including phenoxy) is 9. The van der Waals surface area contributed by atoms with Crippen LogP contribution in [0, 0.1) is 0 Å². The Bertz CT molecular complexity index is 1470. The zero-order chi connectivity index (χ0) is 36.0. The van der Waals surface area contributed by atoms with Gasteiger partial charge in [0.25, 0.3) is 0 Å². The number of amides is 1. The number of carbonyl (C=O) groups excluding carboxylic acids is 5. The third-order valence-corrected chi connectivity index (χ3v) is 7.67.